The van der Waals surface area contributed by atoms with E-state index in [2.05, 4.69) is 20.5 Å². The van der Waals surface area contributed by atoms with Crippen molar-refractivity contribution in [1.82, 2.24) is 15.2 Å². The predicted molar refractivity (Wildman–Crippen MR) is 80.5 cm³/mol. The van der Waals surface area contributed by atoms with Gasteiger partial charge in [0.15, 0.2) is 11.7 Å². The number of hydrogen-bond acceptors (Lipinski definition) is 4. The molecule has 0 aliphatic rings. The molecular weight excluding hydrogens is 292 g/mol. The van der Waals surface area contributed by atoms with Crippen molar-refractivity contribution < 1.29 is 9.21 Å². The Bertz CT molecular complexity index is 640. The van der Waals surface area contributed by atoms with Gasteiger partial charge in [-0.2, -0.15) is 5.10 Å². The minimum Gasteiger partial charge on any atom is -0.445 e. The van der Waals surface area contributed by atoms with E-state index in [0.717, 1.165) is 11.5 Å². The van der Waals surface area contributed by atoms with Gasteiger partial charge in [0.05, 0.1) is 11.9 Å². The number of aryl methyl sites for hydroxylation is 2. The van der Waals surface area contributed by atoms with Crippen molar-refractivity contribution in [2.45, 2.75) is 46.0 Å². The van der Waals surface area contributed by atoms with Crippen molar-refractivity contribution in [3.8, 4) is 0 Å². The molecule has 114 valence electrons. The van der Waals surface area contributed by atoms with Crippen LogP contribution >= 0.6 is 11.6 Å². The summed E-state index contributed by atoms with van der Waals surface area (Å²) in [5.74, 6) is 1.53. The summed E-state index contributed by atoms with van der Waals surface area (Å²) >= 11 is 5.98. The van der Waals surface area contributed by atoms with Crippen LogP contribution < -0.4 is 5.32 Å². The van der Waals surface area contributed by atoms with Crippen molar-refractivity contribution in [2.75, 3.05) is 5.32 Å². The monoisotopic (exact) mass is 310 g/mol. The van der Waals surface area contributed by atoms with Gasteiger partial charge in [0.1, 0.15) is 10.8 Å². The van der Waals surface area contributed by atoms with Crippen molar-refractivity contribution >= 4 is 23.3 Å². The Kier molecular flexibility index (Phi) is 4.37. The molecular formula is C14H19ClN4O2. The number of hydrogen-bond donors (Lipinski definition) is 2. The summed E-state index contributed by atoms with van der Waals surface area (Å²) in [6, 6.07) is 0. The summed E-state index contributed by atoms with van der Waals surface area (Å²) in [7, 11) is 0. The quantitative estimate of drug-likeness (QED) is 0.908. The van der Waals surface area contributed by atoms with Gasteiger partial charge in [-0.15, -0.1) is 0 Å². The first-order valence-corrected chi connectivity index (χ1v) is 7.10. The lowest BCUT2D eigenvalue weighted by Crippen LogP contribution is -2.13. The second-order valence-corrected chi connectivity index (χ2v) is 6.31. The van der Waals surface area contributed by atoms with Gasteiger partial charge in [-0.25, -0.2) is 4.98 Å². The smallest absolute Gasteiger partial charge is 0.226 e. The van der Waals surface area contributed by atoms with Crippen LogP contribution in [0.15, 0.2) is 10.6 Å². The Hall–Kier alpha value is -1.82. The first-order valence-electron chi connectivity index (χ1n) is 6.73. The molecule has 21 heavy (non-hydrogen) atoms. The maximum atomic E-state index is 11.9. The molecule has 1 amide bonds. The van der Waals surface area contributed by atoms with E-state index in [9.17, 15) is 4.79 Å². The van der Waals surface area contributed by atoms with Gasteiger partial charge in [0.25, 0.3) is 0 Å². The van der Waals surface area contributed by atoms with Crippen LogP contribution in [0.5, 0.6) is 0 Å². The fourth-order valence-corrected chi connectivity index (χ4v) is 1.82. The lowest BCUT2D eigenvalue weighted by molar-refractivity contribution is -0.116. The molecule has 0 aliphatic heterocycles. The number of aromatic nitrogens is 3. The van der Waals surface area contributed by atoms with Crippen LogP contribution in [-0.2, 0) is 16.6 Å². The number of oxazole rings is 1. The first kappa shape index (κ1) is 15.6. The minimum atomic E-state index is -0.182. The summed E-state index contributed by atoms with van der Waals surface area (Å²) in [5, 5.41) is 9.71. The number of aromatic amines is 1. The van der Waals surface area contributed by atoms with Gasteiger partial charge in [-0.3, -0.25) is 9.89 Å². The summed E-state index contributed by atoms with van der Waals surface area (Å²) in [6.45, 7) is 7.93. The van der Waals surface area contributed by atoms with Crippen molar-refractivity contribution in [3.05, 3.63) is 28.6 Å². The molecule has 2 aromatic rings. The third kappa shape index (κ3) is 3.85. The topological polar surface area (TPSA) is 83.8 Å². The number of nitrogens with zero attached hydrogens (tertiary/aromatic N) is 2. The highest BCUT2D eigenvalue weighted by Gasteiger charge is 2.19. The van der Waals surface area contributed by atoms with Gasteiger partial charge in [-0.05, 0) is 6.92 Å². The molecule has 2 heterocycles. The molecule has 6 nitrogen and oxygen atoms in total. The molecule has 2 rings (SSSR count). The Balaban J connectivity index is 1.90. The van der Waals surface area contributed by atoms with Crippen molar-refractivity contribution in [1.29, 1.82) is 0 Å². The molecule has 0 unspecified atom stereocenters. The largest absolute Gasteiger partial charge is 0.445 e. The van der Waals surface area contributed by atoms with Gasteiger partial charge in [0, 0.05) is 18.3 Å². The fourth-order valence-electron chi connectivity index (χ4n) is 1.69. The van der Waals surface area contributed by atoms with E-state index >= 15 is 0 Å². The zero-order chi connectivity index (χ0) is 15.6. The Labute approximate surface area is 128 Å². The van der Waals surface area contributed by atoms with Gasteiger partial charge in [-0.1, -0.05) is 32.4 Å². The molecule has 0 radical (unpaired) electrons. The second-order valence-electron chi connectivity index (χ2n) is 5.93. The van der Waals surface area contributed by atoms with Crippen LogP contribution in [0.4, 0.5) is 5.82 Å². The molecule has 0 aliphatic carbocycles. The Morgan fingerprint density at radius 3 is 2.71 bits per heavy atom. The minimum absolute atomic E-state index is 0.0897. The van der Waals surface area contributed by atoms with E-state index in [-0.39, 0.29) is 17.7 Å². The number of carbonyl (C=O) groups is 1. The van der Waals surface area contributed by atoms with E-state index < -0.39 is 0 Å². The molecule has 0 aromatic carbocycles. The Morgan fingerprint density at radius 2 is 2.19 bits per heavy atom. The number of anilines is 1. The van der Waals surface area contributed by atoms with E-state index in [0.29, 0.717) is 23.2 Å². The van der Waals surface area contributed by atoms with Gasteiger partial charge in [0.2, 0.25) is 5.91 Å². The third-order valence-electron chi connectivity index (χ3n) is 2.99. The summed E-state index contributed by atoms with van der Waals surface area (Å²) in [6.07, 6.45) is 2.40. The normalized spacial score (nSPS) is 11.7. The second kappa shape index (κ2) is 5.89. The molecule has 2 N–H and O–H groups in total. The maximum absolute atomic E-state index is 11.9. The molecule has 2 aromatic heterocycles. The van der Waals surface area contributed by atoms with Gasteiger partial charge < -0.3 is 9.73 Å². The number of H-pyrrole nitrogens is 1. The highest BCUT2D eigenvalue weighted by molar-refractivity contribution is 6.34. The van der Waals surface area contributed by atoms with Crippen LogP contribution in [-0.4, -0.2) is 21.1 Å². The number of halogens is 1. The Morgan fingerprint density at radius 1 is 1.48 bits per heavy atom. The van der Waals surface area contributed by atoms with Crippen LogP contribution in [0, 0.1) is 6.92 Å². The highest BCUT2D eigenvalue weighted by Crippen LogP contribution is 2.24. The predicted octanol–water partition coefficient (Wildman–Crippen LogP) is 3.23. The summed E-state index contributed by atoms with van der Waals surface area (Å²) in [4.78, 5) is 16.0. The molecule has 7 heteroatoms. The van der Waals surface area contributed by atoms with Crippen LogP contribution in [0.3, 0.4) is 0 Å². The van der Waals surface area contributed by atoms with Crippen molar-refractivity contribution in [2.24, 2.45) is 0 Å². The van der Waals surface area contributed by atoms with E-state index in [1.54, 1.807) is 13.1 Å². The fraction of sp³-hybridized carbons (Fsp3) is 0.500. The lowest BCUT2D eigenvalue weighted by Gasteiger charge is -2.13. The SMILES string of the molecule is Cc1[nH]nc(NC(=O)CCc2ncc(C(C)(C)C)o2)c1Cl. The van der Waals surface area contributed by atoms with Crippen LogP contribution in [0.2, 0.25) is 5.02 Å². The first-order chi connectivity index (χ1) is 9.77. The van der Waals surface area contributed by atoms with Gasteiger partial charge >= 0.3 is 0 Å². The number of carbonyl (C=O) groups excluding carboxylic acids is 1. The standard InChI is InChI=1S/C14H19ClN4O2/c1-8-12(15)13(19-18-8)17-10(20)5-6-11-16-7-9(21-11)14(2,3)4/h7H,5-6H2,1-4H3,(H2,17,18,19,20). The average molecular weight is 311 g/mol. The highest BCUT2D eigenvalue weighted by atomic mass is 35.5. The zero-order valence-corrected chi connectivity index (χ0v) is 13.3. The number of amides is 1. The van der Waals surface area contributed by atoms with Crippen LogP contribution in [0.1, 0.15) is 44.5 Å². The molecule has 0 fully saturated rings. The zero-order valence-electron chi connectivity index (χ0n) is 12.6. The number of rotatable bonds is 4. The average Bonchev–Trinajstić information content (AvgIpc) is 2.98. The molecule has 0 bridgehead atoms. The number of nitrogens with one attached hydrogen (secondary N) is 2. The molecule has 0 spiro atoms. The summed E-state index contributed by atoms with van der Waals surface area (Å²) < 4.78 is 5.64. The van der Waals surface area contributed by atoms with E-state index in [1.807, 2.05) is 20.8 Å². The molecule has 0 saturated carbocycles. The molecule has 0 atom stereocenters. The maximum Gasteiger partial charge on any atom is 0.226 e. The third-order valence-corrected chi connectivity index (χ3v) is 3.45. The van der Waals surface area contributed by atoms with E-state index in [1.165, 1.54) is 0 Å². The van der Waals surface area contributed by atoms with Crippen molar-refractivity contribution in [3.63, 3.8) is 0 Å². The van der Waals surface area contributed by atoms with E-state index in [4.69, 9.17) is 16.0 Å². The van der Waals surface area contributed by atoms with Crippen LogP contribution in [0.25, 0.3) is 0 Å². The lowest BCUT2D eigenvalue weighted by atomic mass is 9.94. The molecule has 0 saturated heterocycles. The summed E-state index contributed by atoms with van der Waals surface area (Å²) in [5.41, 5.74) is 0.627.